The van der Waals surface area contributed by atoms with Crippen LogP contribution in [-0.4, -0.2) is 35.8 Å². The molecule has 0 spiro atoms. The zero-order valence-electron chi connectivity index (χ0n) is 10.4. The normalized spacial score (nSPS) is 22.8. The third-order valence-electron chi connectivity index (χ3n) is 3.27. The van der Waals surface area contributed by atoms with Gasteiger partial charge < -0.3 is 15.2 Å². The molecule has 1 aliphatic carbocycles. The van der Waals surface area contributed by atoms with Gasteiger partial charge in [0.05, 0.1) is 18.8 Å². The van der Waals surface area contributed by atoms with E-state index in [1.807, 2.05) is 0 Å². The van der Waals surface area contributed by atoms with Gasteiger partial charge in [-0.1, -0.05) is 0 Å². The van der Waals surface area contributed by atoms with Crippen molar-refractivity contribution in [1.29, 1.82) is 0 Å². The highest BCUT2D eigenvalue weighted by Gasteiger charge is 2.23. The minimum Gasteiger partial charge on any atom is -0.481 e. The number of aliphatic hydroxyl groups excluding tert-OH is 1. The number of hydrogen-bond acceptors (Lipinski definition) is 4. The number of nitrogens with zero attached hydrogens (tertiary/aromatic N) is 1. The molecule has 5 heteroatoms. The molecule has 1 aromatic heterocycles. The molecule has 0 aliphatic heterocycles. The highest BCUT2D eigenvalue weighted by atomic mass is 16.5. The SMILES string of the molecule is COc1ccc(C(=O)NCC2CCC(O)C2)cn1. The molecule has 0 bridgehead atoms. The van der Waals surface area contributed by atoms with Gasteiger partial charge in [-0.3, -0.25) is 4.79 Å². The van der Waals surface area contributed by atoms with Crippen molar-refractivity contribution in [2.45, 2.75) is 25.4 Å². The summed E-state index contributed by atoms with van der Waals surface area (Å²) in [6, 6.07) is 3.35. The van der Waals surface area contributed by atoms with E-state index in [2.05, 4.69) is 10.3 Å². The second-order valence-electron chi connectivity index (χ2n) is 4.63. The van der Waals surface area contributed by atoms with E-state index in [0.717, 1.165) is 19.3 Å². The first kappa shape index (κ1) is 12.8. The summed E-state index contributed by atoms with van der Waals surface area (Å²) < 4.78 is 4.93. The van der Waals surface area contributed by atoms with Gasteiger partial charge in [0.2, 0.25) is 5.88 Å². The molecule has 0 radical (unpaired) electrons. The lowest BCUT2D eigenvalue weighted by Crippen LogP contribution is -2.28. The number of nitrogens with one attached hydrogen (secondary N) is 1. The van der Waals surface area contributed by atoms with Crippen molar-refractivity contribution in [2.75, 3.05) is 13.7 Å². The minimum absolute atomic E-state index is 0.133. The van der Waals surface area contributed by atoms with Crippen molar-refractivity contribution in [2.24, 2.45) is 5.92 Å². The van der Waals surface area contributed by atoms with Crippen molar-refractivity contribution < 1.29 is 14.6 Å². The van der Waals surface area contributed by atoms with Crippen LogP contribution in [0.25, 0.3) is 0 Å². The first-order chi connectivity index (χ1) is 8.69. The van der Waals surface area contributed by atoms with Gasteiger partial charge in [-0.15, -0.1) is 0 Å². The van der Waals surface area contributed by atoms with Crippen molar-refractivity contribution in [3.63, 3.8) is 0 Å². The minimum atomic E-state index is -0.199. The number of ether oxygens (including phenoxy) is 1. The first-order valence-corrected chi connectivity index (χ1v) is 6.15. The fourth-order valence-corrected chi connectivity index (χ4v) is 2.21. The van der Waals surface area contributed by atoms with Gasteiger partial charge in [-0.05, 0) is 31.2 Å². The number of amides is 1. The number of methoxy groups -OCH3 is 1. The van der Waals surface area contributed by atoms with Crippen LogP contribution < -0.4 is 10.1 Å². The Hall–Kier alpha value is -1.62. The largest absolute Gasteiger partial charge is 0.481 e. The molecule has 98 valence electrons. The van der Waals surface area contributed by atoms with Gasteiger partial charge >= 0.3 is 0 Å². The number of aliphatic hydroxyl groups is 1. The van der Waals surface area contributed by atoms with Crippen LogP contribution in [0.5, 0.6) is 5.88 Å². The van der Waals surface area contributed by atoms with Gasteiger partial charge in [-0.2, -0.15) is 0 Å². The highest BCUT2D eigenvalue weighted by molar-refractivity contribution is 5.93. The Labute approximate surface area is 106 Å². The van der Waals surface area contributed by atoms with Gasteiger partial charge in [-0.25, -0.2) is 4.98 Å². The summed E-state index contributed by atoms with van der Waals surface area (Å²) in [5.74, 6) is 0.743. The van der Waals surface area contributed by atoms with Gasteiger partial charge in [0, 0.05) is 18.8 Å². The molecule has 1 saturated carbocycles. The van der Waals surface area contributed by atoms with Crippen LogP contribution in [0.4, 0.5) is 0 Å². The van der Waals surface area contributed by atoms with Crippen LogP contribution in [0.3, 0.4) is 0 Å². The highest BCUT2D eigenvalue weighted by Crippen LogP contribution is 2.24. The smallest absolute Gasteiger partial charge is 0.252 e. The summed E-state index contributed by atoms with van der Waals surface area (Å²) in [7, 11) is 1.54. The topological polar surface area (TPSA) is 71.5 Å². The Morgan fingerprint density at radius 2 is 2.39 bits per heavy atom. The number of carbonyl (C=O) groups is 1. The Kier molecular flexibility index (Phi) is 4.15. The molecule has 2 rings (SSSR count). The van der Waals surface area contributed by atoms with E-state index in [1.54, 1.807) is 12.1 Å². The zero-order chi connectivity index (χ0) is 13.0. The molecule has 1 aliphatic rings. The number of rotatable bonds is 4. The van der Waals surface area contributed by atoms with Crippen molar-refractivity contribution >= 4 is 5.91 Å². The lowest BCUT2D eigenvalue weighted by molar-refractivity contribution is 0.0944. The standard InChI is InChI=1S/C13H18N2O3/c1-18-12-5-3-10(8-14-12)13(17)15-7-9-2-4-11(16)6-9/h3,5,8-9,11,16H,2,4,6-7H2,1H3,(H,15,17). The molecule has 5 nitrogen and oxygen atoms in total. The third kappa shape index (κ3) is 3.20. The lowest BCUT2D eigenvalue weighted by Gasteiger charge is -2.10. The van der Waals surface area contributed by atoms with Crippen LogP contribution >= 0.6 is 0 Å². The summed E-state index contributed by atoms with van der Waals surface area (Å²) >= 11 is 0. The quantitative estimate of drug-likeness (QED) is 0.835. The molecule has 1 heterocycles. The van der Waals surface area contributed by atoms with Crippen LogP contribution in [0.2, 0.25) is 0 Å². The Balaban J connectivity index is 1.83. The van der Waals surface area contributed by atoms with E-state index < -0.39 is 0 Å². The second kappa shape index (κ2) is 5.82. The monoisotopic (exact) mass is 250 g/mol. The lowest BCUT2D eigenvalue weighted by atomic mass is 10.1. The summed E-state index contributed by atoms with van der Waals surface area (Å²) in [5.41, 5.74) is 0.523. The molecule has 2 atom stereocenters. The fourth-order valence-electron chi connectivity index (χ4n) is 2.21. The van der Waals surface area contributed by atoms with E-state index in [9.17, 15) is 9.90 Å². The summed E-state index contributed by atoms with van der Waals surface area (Å²) in [4.78, 5) is 15.8. The van der Waals surface area contributed by atoms with Crippen molar-refractivity contribution in [3.8, 4) is 5.88 Å². The van der Waals surface area contributed by atoms with Crippen LogP contribution in [0.15, 0.2) is 18.3 Å². The average Bonchev–Trinajstić information content (AvgIpc) is 2.82. The molecule has 2 N–H and O–H groups in total. The maximum atomic E-state index is 11.8. The molecule has 18 heavy (non-hydrogen) atoms. The van der Waals surface area contributed by atoms with E-state index >= 15 is 0 Å². The molecular formula is C13H18N2O3. The average molecular weight is 250 g/mol. The van der Waals surface area contributed by atoms with Gasteiger partial charge in [0.1, 0.15) is 0 Å². The summed E-state index contributed by atoms with van der Waals surface area (Å²) in [5, 5.41) is 12.3. The molecule has 2 unspecified atom stereocenters. The van der Waals surface area contributed by atoms with Crippen LogP contribution in [0, 0.1) is 5.92 Å². The molecule has 1 aromatic rings. The van der Waals surface area contributed by atoms with E-state index in [4.69, 9.17) is 4.74 Å². The predicted molar refractivity (Wildman–Crippen MR) is 66.5 cm³/mol. The van der Waals surface area contributed by atoms with Crippen molar-refractivity contribution in [1.82, 2.24) is 10.3 Å². The first-order valence-electron chi connectivity index (χ1n) is 6.15. The third-order valence-corrected chi connectivity index (χ3v) is 3.27. The fraction of sp³-hybridized carbons (Fsp3) is 0.538. The Morgan fingerprint density at radius 3 is 2.94 bits per heavy atom. The zero-order valence-corrected chi connectivity index (χ0v) is 10.4. The number of hydrogen-bond donors (Lipinski definition) is 2. The molecule has 0 saturated heterocycles. The van der Waals surface area contributed by atoms with Crippen LogP contribution in [-0.2, 0) is 0 Å². The maximum Gasteiger partial charge on any atom is 0.252 e. The maximum absolute atomic E-state index is 11.8. The number of aromatic nitrogens is 1. The number of pyridine rings is 1. The summed E-state index contributed by atoms with van der Waals surface area (Å²) in [6.45, 7) is 0.613. The Bertz CT molecular complexity index is 405. The molecule has 1 amide bonds. The molecular weight excluding hydrogens is 232 g/mol. The van der Waals surface area contributed by atoms with Crippen molar-refractivity contribution in [3.05, 3.63) is 23.9 Å². The van der Waals surface area contributed by atoms with E-state index in [1.165, 1.54) is 13.3 Å². The Morgan fingerprint density at radius 1 is 1.56 bits per heavy atom. The number of carbonyl (C=O) groups excluding carboxylic acids is 1. The molecule has 0 aromatic carbocycles. The van der Waals surface area contributed by atoms with Crippen LogP contribution in [0.1, 0.15) is 29.6 Å². The molecule has 1 fully saturated rings. The van der Waals surface area contributed by atoms with E-state index in [-0.39, 0.29) is 12.0 Å². The van der Waals surface area contributed by atoms with Gasteiger partial charge in [0.25, 0.3) is 5.91 Å². The summed E-state index contributed by atoms with van der Waals surface area (Å²) in [6.07, 6.45) is 3.89. The van der Waals surface area contributed by atoms with Gasteiger partial charge in [0.15, 0.2) is 0 Å². The van der Waals surface area contributed by atoms with E-state index in [0.29, 0.717) is 23.9 Å². The second-order valence-corrected chi connectivity index (χ2v) is 4.63. The predicted octanol–water partition coefficient (Wildman–Crippen LogP) is 0.981.